The van der Waals surface area contributed by atoms with Gasteiger partial charge in [-0.1, -0.05) is 35.9 Å². The number of allylic oxidation sites excluding steroid dienone is 1. The monoisotopic (exact) mass is 447 g/mol. The Kier molecular flexibility index (Phi) is 6.51. The van der Waals surface area contributed by atoms with E-state index in [1.165, 1.54) is 11.0 Å². The summed E-state index contributed by atoms with van der Waals surface area (Å²) in [5.41, 5.74) is 0.702. The largest absolute Gasteiger partial charge is 0.457 e. The summed E-state index contributed by atoms with van der Waals surface area (Å²) in [5, 5.41) is 0.437. The van der Waals surface area contributed by atoms with Gasteiger partial charge >= 0.3 is 5.97 Å². The Morgan fingerprint density at radius 3 is 2.48 bits per heavy atom. The van der Waals surface area contributed by atoms with Crippen LogP contribution in [-0.4, -0.2) is 22.4 Å². The van der Waals surface area contributed by atoms with Crippen molar-refractivity contribution in [1.29, 1.82) is 0 Å². The second kappa shape index (κ2) is 8.79. The number of hydrogen-bond donors (Lipinski definition) is 0. The Balaban J connectivity index is 2.08. The molecule has 0 radical (unpaired) electrons. The third-order valence-electron chi connectivity index (χ3n) is 5.07. The maximum absolute atomic E-state index is 14.2. The van der Waals surface area contributed by atoms with E-state index in [1.807, 2.05) is 0 Å². The minimum absolute atomic E-state index is 0.0293. The van der Waals surface area contributed by atoms with Gasteiger partial charge in [0.25, 0.3) is 0 Å². The van der Waals surface area contributed by atoms with E-state index in [4.69, 9.17) is 16.3 Å². The minimum atomic E-state index is -0.757. The van der Waals surface area contributed by atoms with Crippen LogP contribution >= 0.6 is 11.6 Å². The van der Waals surface area contributed by atoms with Crippen LogP contribution in [0.3, 0.4) is 0 Å². The topological polar surface area (TPSA) is 46.6 Å². The van der Waals surface area contributed by atoms with Gasteiger partial charge in [0.1, 0.15) is 17.2 Å². The number of nitrogens with zero attached hydrogens (tertiary/aromatic N) is 1. The predicted molar refractivity (Wildman–Crippen MR) is 114 cm³/mol. The van der Waals surface area contributed by atoms with E-state index in [1.54, 1.807) is 52.0 Å². The van der Waals surface area contributed by atoms with Crippen molar-refractivity contribution in [3.05, 3.63) is 81.5 Å². The molecule has 3 rings (SSSR count). The SMILES string of the molecule is CC1=C(C(=O)OC(C)(C)C)C(c2ccccc2Cl)CC(=O)N1Cc1ccc(F)cc1F. The molecule has 0 saturated heterocycles. The molecule has 31 heavy (non-hydrogen) atoms. The zero-order chi connectivity index (χ0) is 22.9. The summed E-state index contributed by atoms with van der Waals surface area (Å²) in [6.07, 6.45) is -0.0293. The normalized spacial score (nSPS) is 17.2. The van der Waals surface area contributed by atoms with Crippen molar-refractivity contribution >= 4 is 23.5 Å². The Bertz CT molecular complexity index is 1060. The first kappa shape index (κ1) is 22.9. The predicted octanol–water partition coefficient (Wildman–Crippen LogP) is 5.75. The molecule has 1 atom stereocenters. The van der Waals surface area contributed by atoms with Crippen LogP contribution in [0.25, 0.3) is 0 Å². The quantitative estimate of drug-likeness (QED) is 0.560. The number of benzene rings is 2. The zero-order valence-electron chi connectivity index (χ0n) is 17.8. The first-order valence-electron chi connectivity index (χ1n) is 9.90. The summed E-state index contributed by atoms with van der Waals surface area (Å²) in [5.74, 6) is -2.91. The molecule has 2 aromatic rings. The lowest BCUT2D eigenvalue weighted by atomic mass is 9.83. The number of ether oxygens (including phenoxy) is 1. The molecule has 0 aromatic heterocycles. The molecule has 0 bridgehead atoms. The number of amides is 1. The van der Waals surface area contributed by atoms with E-state index < -0.39 is 29.1 Å². The molecular weight excluding hydrogens is 424 g/mol. The first-order chi connectivity index (χ1) is 14.5. The molecule has 4 nitrogen and oxygen atoms in total. The standard InChI is InChI=1S/C24H24ClF2NO3/c1-14-22(23(30)31-24(2,3)4)18(17-7-5-6-8-19(17)25)12-21(29)28(14)13-15-9-10-16(26)11-20(15)27/h5-11,18H,12-13H2,1-4H3. The van der Waals surface area contributed by atoms with Gasteiger partial charge in [-0.15, -0.1) is 0 Å². The van der Waals surface area contributed by atoms with E-state index in [9.17, 15) is 18.4 Å². The van der Waals surface area contributed by atoms with E-state index in [-0.39, 0.29) is 24.4 Å². The molecule has 1 amide bonds. The fourth-order valence-electron chi connectivity index (χ4n) is 3.64. The maximum atomic E-state index is 14.2. The van der Waals surface area contributed by atoms with Crippen molar-refractivity contribution in [3.8, 4) is 0 Å². The summed E-state index contributed by atoms with van der Waals surface area (Å²) < 4.78 is 33.1. The number of esters is 1. The highest BCUT2D eigenvalue weighted by Gasteiger charge is 2.39. The first-order valence-corrected chi connectivity index (χ1v) is 10.3. The van der Waals surface area contributed by atoms with Crippen LogP contribution in [0.5, 0.6) is 0 Å². The fraction of sp³-hybridized carbons (Fsp3) is 0.333. The third-order valence-corrected chi connectivity index (χ3v) is 5.41. The Morgan fingerprint density at radius 1 is 1.19 bits per heavy atom. The summed E-state index contributed by atoms with van der Waals surface area (Å²) >= 11 is 6.37. The average Bonchev–Trinajstić information content (AvgIpc) is 2.65. The molecule has 1 unspecified atom stereocenters. The van der Waals surface area contributed by atoms with Crippen LogP contribution in [0.4, 0.5) is 8.78 Å². The molecule has 164 valence electrons. The molecule has 1 heterocycles. The number of rotatable bonds is 4. The fourth-order valence-corrected chi connectivity index (χ4v) is 3.91. The van der Waals surface area contributed by atoms with E-state index >= 15 is 0 Å². The molecule has 0 saturated carbocycles. The lowest BCUT2D eigenvalue weighted by Gasteiger charge is -2.35. The highest BCUT2D eigenvalue weighted by Crippen LogP contribution is 2.40. The van der Waals surface area contributed by atoms with Gasteiger partial charge in [-0.3, -0.25) is 4.79 Å². The molecule has 1 aliphatic rings. The van der Waals surface area contributed by atoms with E-state index in [0.717, 1.165) is 12.1 Å². The van der Waals surface area contributed by atoms with Gasteiger partial charge in [0, 0.05) is 34.7 Å². The van der Waals surface area contributed by atoms with Crippen LogP contribution in [0.15, 0.2) is 53.7 Å². The number of carbonyl (C=O) groups excluding carboxylic acids is 2. The number of carbonyl (C=O) groups is 2. The van der Waals surface area contributed by atoms with Gasteiger partial charge in [0.05, 0.1) is 12.1 Å². The van der Waals surface area contributed by atoms with E-state index in [0.29, 0.717) is 21.9 Å². The van der Waals surface area contributed by atoms with Gasteiger partial charge in [0.15, 0.2) is 0 Å². The van der Waals surface area contributed by atoms with Crippen molar-refractivity contribution in [1.82, 2.24) is 4.90 Å². The molecule has 0 aliphatic carbocycles. The van der Waals surface area contributed by atoms with Crippen LogP contribution in [-0.2, 0) is 20.9 Å². The van der Waals surface area contributed by atoms with Crippen molar-refractivity contribution in [2.45, 2.75) is 52.2 Å². The van der Waals surface area contributed by atoms with E-state index in [2.05, 4.69) is 0 Å². The number of halogens is 3. The minimum Gasteiger partial charge on any atom is -0.457 e. The molecule has 0 fully saturated rings. The Morgan fingerprint density at radius 2 is 1.87 bits per heavy atom. The van der Waals surface area contributed by atoms with Crippen molar-refractivity contribution in [3.63, 3.8) is 0 Å². The molecule has 1 aliphatic heterocycles. The molecule has 2 aromatic carbocycles. The van der Waals surface area contributed by atoms with Gasteiger partial charge < -0.3 is 9.64 Å². The van der Waals surface area contributed by atoms with Crippen molar-refractivity contribution in [2.24, 2.45) is 0 Å². The molecular formula is C24H24ClF2NO3. The Labute approximate surface area is 185 Å². The zero-order valence-corrected chi connectivity index (χ0v) is 18.6. The third kappa shape index (κ3) is 5.13. The summed E-state index contributed by atoms with van der Waals surface area (Å²) in [4.78, 5) is 27.5. The van der Waals surface area contributed by atoms with Gasteiger partial charge in [0.2, 0.25) is 5.91 Å². The Hall–Kier alpha value is -2.73. The maximum Gasteiger partial charge on any atom is 0.336 e. The molecule has 0 N–H and O–H groups in total. The van der Waals surface area contributed by atoms with Crippen LogP contribution < -0.4 is 0 Å². The average molecular weight is 448 g/mol. The second-order valence-corrected chi connectivity index (χ2v) is 8.90. The lowest BCUT2D eigenvalue weighted by molar-refractivity contribution is -0.150. The smallest absolute Gasteiger partial charge is 0.336 e. The van der Waals surface area contributed by atoms with Crippen LogP contribution in [0.2, 0.25) is 5.02 Å². The van der Waals surface area contributed by atoms with Gasteiger partial charge in [-0.25, -0.2) is 13.6 Å². The van der Waals surface area contributed by atoms with Crippen molar-refractivity contribution in [2.75, 3.05) is 0 Å². The van der Waals surface area contributed by atoms with Gasteiger partial charge in [-0.2, -0.15) is 0 Å². The highest BCUT2D eigenvalue weighted by atomic mass is 35.5. The van der Waals surface area contributed by atoms with Gasteiger partial charge in [-0.05, 0) is 45.4 Å². The molecule has 0 spiro atoms. The van der Waals surface area contributed by atoms with Crippen LogP contribution in [0, 0.1) is 11.6 Å². The summed E-state index contributed by atoms with van der Waals surface area (Å²) in [6, 6.07) is 10.2. The number of hydrogen-bond acceptors (Lipinski definition) is 3. The van der Waals surface area contributed by atoms with Crippen molar-refractivity contribution < 1.29 is 23.1 Å². The summed E-state index contributed by atoms with van der Waals surface area (Å²) in [6.45, 7) is 6.76. The highest BCUT2D eigenvalue weighted by molar-refractivity contribution is 6.31. The second-order valence-electron chi connectivity index (χ2n) is 8.49. The molecule has 7 heteroatoms. The lowest BCUT2D eigenvalue weighted by Crippen LogP contribution is -2.39. The van der Waals surface area contributed by atoms with Crippen LogP contribution in [0.1, 0.15) is 51.2 Å². The summed E-state index contributed by atoms with van der Waals surface area (Å²) in [7, 11) is 0.